The van der Waals surface area contributed by atoms with Gasteiger partial charge in [-0.2, -0.15) is 0 Å². The fraction of sp³-hybridized carbons (Fsp3) is 0.333. The molecule has 0 aromatic heterocycles. The van der Waals surface area contributed by atoms with E-state index in [9.17, 15) is 18.0 Å². The third-order valence-corrected chi connectivity index (χ3v) is 8.45. The third kappa shape index (κ3) is 7.83. The summed E-state index contributed by atoms with van der Waals surface area (Å²) >= 11 is 6.00. The molecular weight excluding hydrogens is 534 g/mol. The van der Waals surface area contributed by atoms with Crippen molar-refractivity contribution in [3.8, 4) is 0 Å². The molecule has 0 heterocycles. The van der Waals surface area contributed by atoms with Crippen molar-refractivity contribution in [3.63, 3.8) is 0 Å². The number of anilines is 1. The van der Waals surface area contributed by atoms with Gasteiger partial charge in [-0.1, -0.05) is 73.0 Å². The molecule has 39 heavy (non-hydrogen) atoms. The van der Waals surface area contributed by atoms with Gasteiger partial charge in [0.2, 0.25) is 11.8 Å². The zero-order valence-electron chi connectivity index (χ0n) is 22.9. The van der Waals surface area contributed by atoms with Crippen molar-refractivity contribution in [2.75, 3.05) is 17.4 Å². The van der Waals surface area contributed by atoms with Crippen LogP contribution in [0, 0.1) is 13.8 Å². The van der Waals surface area contributed by atoms with Crippen molar-refractivity contribution in [1.82, 2.24) is 10.2 Å². The summed E-state index contributed by atoms with van der Waals surface area (Å²) in [5.41, 5.74) is 3.22. The van der Waals surface area contributed by atoms with E-state index in [-0.39, 0.29) is 17.3 Å². The summed E-state index contributed by atoms with van der Waals surface area (Å²) in [7, 11) is -4.13. The Bertz CT molecular complexity index is 1360. The van der Waals surface area contributed by atoms with E-state index in [1.807, 2.05) is 52.0 Å². The standard InChI is InChI=1S/C30H36ClN3O4S/c1-5-19-32-30(36)28(6-2)33(20-24-11-7-22(3)8-12-24)29(35)21-34(26-15-9-23(4)10-16-26)39(37,38)27-17-13-25(31)14-18-27/h7-18,28H,5-6,19-21H2,1-4H3,(H,32,36)/t28-/m0/s1. The van der Waals surface area contributed by atoms with Gasteiger partial charge in [0.05, 0.1) is 10.6 Å². The van der Waals surface area contributed by atoms with Crippen LogP contribution >= 0.6 is 11.6 Å². The number of halogens is 1. The van der Waals surface area contributed by atoms with Crippen molar-refractivity contribution in [3.05, 3.63) is 94.5 Å². The lowest BCUT2D eigenvalue weighted by Gasteiger charge is -2.33. The molecule has 0 spiro atoms. The second-order valence-electron chi connectivity index (χ2n) is 9.52. The van der Waals surface area contributed by atoms with Crippen LogP contribution in [0.5, 0.6) is 0 Å². The highest BCUT2D eigenvalue weighted by atomic mass is 35.5. The summed E-state index contributed by atoms with van der Waals surface area (Å²) in [4.78, 5) is 28.6. The number of hydrogen-bond acceptors (Lipinski definition) is 4. The van der Waals surface area contributed by atoms with Crippen molar-refractivity contribution < 1.29 is 18.0 Å². The topological polar surface area (TPSA) is 86.8 Å². The number of amides is 2. The lowest BCUT2D eigenvalue weighted by atomic mass is 10.1. The quantitative estimate of drug-likeness (QED) is 0.313. The first kappa shape index (κ1) is 30.2. The van der Waals surface area contributed by atoms with E-state index in [0.29, 0.717) is 23.7 Å². The normalized spacial score (nSPS) is 12.0. The lowest BCUT2D eigenvalue weighted by Crippen LogP contribution is -2.52. The molecule has 0 saturated carbocycles. The maximum absolute atomic E-state index is 14.0. The molecule has 7 nitrogen and oxygen atoms in total. The number of carbonyl (C=O) groups is 2. The molecule has 0 aliphatic carbocycles. The molecule has 3 aromatic carbocycles. The minimum atomic E-state index is -4.13. The first-order valence-corrected chi connectivity index (χ1v) is 14.9. The molecule has 0 aliphatic heterocycles. The van der Waals surface area contributed by atoms with Gasteiger partial charge in [0, 0.05) is 18.1 Å². The van der Waals surface area contributed by atoms with Crippen LogP contribution in [-0.2, 0) is 26.2 Å². The van der Waals surface area contributed by atoms with Crippen molar-refractivity contribution in [2.45, 2.75) is 58.0 Å². The van der Waals surface area contributed by atoms with E-state index in [0.717, 1.165) is 27.4 Å². The number of nitrogens with one attached hydrogen (secondary N) is 1. The second-order valence-corrected chi connectivity index (χ2v) is 11.8. The molecular formula is C30H36ClN3O4S. The summed E-state index contributed by atoms with van der Waals surface area (Å²) in [6, 6.07) is 19.7. The first-order valence-electron chi connectivity index (χ1n) is 13.0. The molecule has 208 valence electrons. The Morgan fingerprint density at radius 3 is 1.97 bits per heavy atom. The highest BCUT2D eigenvalue weighted by molar-refractivity contribution is 7.92. The minimum absolute atomic E-state index is 0.0121. The number of aryl methyl sites for hydroxylation is 2. The van der Waals surface area contributed by atoms with Crippen LogP contribution in [0.1, 0.15) is 43.4 Å². The Labute approximate surface area is 236 Å². The fourth-order valence-corrected chi connectivity index (χ4v) is 5.69. The predicted molar refractivity (Wildman–Crippen MR) is 156 cm³/mol. The zero-order chi connectivity index (χ0) is 28.6. The van der Waals surface area contributed by atoms with Gasteiger partial charge in [-0.05, 0) is 68.7 Å². The Morgan fingerprint density at radius 2 is 1.44 bits per heavy atom. The van der Waals surface area contributed by atoms with E-state index in [2.05, 4.69) is 5.32 Å². The minimum Gasteiger partial charge on any atom is -0.354 e. The number of hydrogen-bond donors (Lipinski definition) is 1. The molecule has 1 atom stereocenters. The summed E-state index contributed by atoms with van der Waals surface area (Å²) in [6.07, 6.45) is 1.14. The van der Waals surface area contributed by atoms with Gasteiger partial charge in [0.15, 0.2) is 0 Å². The third-order valence-electron chi connectivity index (χ3n) is 6.41. The summed E-state index contributed by atoms with van der Waals surface area (Å²) in [5, 5.41) is 3.29. The summed E-state index contributed by atoms with van der Waals surface area (Å²) in [6.45, 7) is 7.85. The van der Waals surface area contributed by atoms with E-state index in [4.69, 9.17) is 11.6 Å². The number of sulfonamides is 1. The van der Waals surface area contributed by atoms with Gasteiger partial charge in [0.1, 0.15) is 12.6 Å². The highest BCUT2D eigenvalue weighted by Crippen LogP contribution is 2.26. The number of carbonyl (C=O) groups excluding carboxylic acids is 2. The average molecular weight is 570 g/mol. The predicted octanol–water partition coefficient (Wildman–Crippen LogP) is 5.49. The van der Waals surface area contributed by atoms with Gasteiger partial charge >= 0.3 is 0 Å². The molecule has 1 N–H and O–H groups in total. The summed E-state index contributed by atoms with van der Waals surface area (Å²) in [5.74, 6) is -0.741. The van der Waals surface area contributed by atoms with Crippen molar-refractivity contribution in [2.24, 2.45) is 0 Å². The van der Waals surface area contributed by atoms with Crippen LogP contribution in [0.2, 0.25) is 5.02 Å². The first-order chi connectivity index (χ1) is 18.6. The number of nitrogens with zero attached hydrogens (tertiary/aromatic N) is 2. The molecule has 0 aliphatic rings. The van der Waals surface area contributed by atoms with Gasteiger partial charge in [-0.3, -0.25) is 13.9 Å². The van der Waals surface area contributed by atoms with E-state index >= 15 is 0 Å². The molecule has 0 fully saturated rings. The summed E-state index contributed by atoms with van der Waals surface area (Å²) < 4.78 is 28.8. The molecule has 0 bridgehead atoms. The smallest absolute Gasteiger partial charge is 0.264 e. The van der Waals surface area contributed by atoms with Crippen LogP contribution < -0.4 is 9.62 Å². The monoisotopic (exact) mass is 569 g/mol. The van der Waals surface area contributed by atoms with Gasteiger partial charge in [-0.15, -0.1) is 0 Å². The molecule has 3 rings (SSSR count). The molecule has 2 amide bonds. The van der Waals surface area contributed by atoms with Crippen LogP contribution in [0.25, 0.3) is 0 Å². The Balaban J connectivity index is 2.03. The van der Waals surface area contributed by atoms with Crippen LogP contribution in [0.4, 0.5) is 5.69 Å². The van der Waals surface area contributed by atoms with E-state index in [1.165, 1.54) is 29.2 Å². The van der Waals surface area contributed by atoms with Crippen LogP contribution in [-0.4, -0.2) is 44.3 Å². The Morgan fingerprint density at radius 1 is 0.872 bits per heavy atom. The fourth-order valence-electron chi connectivity index (χ4n) is 4.15. The average Bonchev–Trinajstić information content (AvgIpc) is 2.92. The SMILES string of the molecule is CCCNC(=O)[C@H](CC)N(Cc1ccc(C)cc1)C(=O)CN(c1ccc(C)cc1)S(=O)(=O)c1ccc(Cl)cc1. The maximum atomic E-state index is 14.0. The van der Waals surface area contributed by atoms with Crippen molar-refractivity contribution in [1.29, 1.82) is 0 Å². The van der Waals surface area contributed by atoms with Gasteiger partial charge < -0.3 is 10.2 Å². The lowest BCUT2D eigenvalue weighted by molar-refractivity contribution is -0.140. The van der Waals surface area contributed by atoms with E-state index in [1.54, 1.807) is 24.3 Å². The van der Waals surface area contributed by atoms with E-state index < -0.39 is 28.5 Å². The maximum Gasteiger partial charge on any atom is 0.264 e. The van der Waals surface area contributed by atoms with Crippen molar-refractivity contribution >= 4 is 39.1 Å². The zero-order valence-corrected chi connectivity index (χ0v) is 24.4. The van der Waals surface area contributed by atoms with Gasteiger partial charge in [-0.25, -0.2) is 8.42 Å². The molecule has 0 unspecified atom stereocenters. The molecule has 9 heteroatoms. The largest absolute Gasteiger partial charge is 0.354 e. The molecule has 3 aromatic rings. The Kier molecular flexibility index (Phi) is 10.5. The number of rotatable bonds is 12. The Hall–Kier alpha value is -3.36. The molecule has 0 radical (unpaired) electrons. The highest BCUT2D eigenvalue weighted by Gasteiger charge is 2.33. The van der Waals surface area contributed by atoms with Crippen LogP contribution in [0.3, 0.4) is 0 Å². The van der Waals surface area contributed by atoms with Gasteiger partial charge in [0.25, 0.3) is 10.0 Å². The second kappa shape index (κ2) is 13.6. The number of benzene rings is 3. The molecule has 0 saturated heterocycles. The van der Waals surface area contributed by atoms with Crippen LogP contribution in [0.15, 0.2) is 77.7 Å².